The van der Waals surface area contributed by atoms with Crippen molar-refractivity contribution < 1.29 is 9.18 Å². The molecule has 1 aliphatic carbocycles. The molecular weight excluding hydrogens is 329 g/mol. The van der Waals surface area contributed by atoms with Crippen LogP contribution in [0.15, 0.2) is 24.3 Å². The third-order valence-electron chi connectivity index (χ3n) is 5.50. The van der Waals surface area contributed by atoms with E-state index in [-0.39, 0.29) is 11.7 Å². The predicted molar refractivity (Wildman–Crippen MR) is 102 cm³/mol. The largest absolute Gasteiger partial charge is 0.353 e. The number of amides is 1. The normalized spacial score (nSPS) is 22.4. The van der Waals surface area contributed by atoms with Crippen LogP contribution in [0.4, 0.5) is 4.39 Å². The van der Waals surface area contributed by atoms with Gasteiger partial charge in [-0.1, -0.05) is 26.0 Å². The van der Waals surface area contributed by atoms with Crippen LogP contribution in [0.1, 0.15) is 45.1 Å². The van der Waals surface area contributed by atoms with Crippen molar-refractivity contribution >= 4 is 5.91 Å². The number of hydrogen-bond acceptors (Lipinski definition) is 3. The highest BCUT2D eigenvalue weighted by Crippen LogP contribution is 2.21. The van der Waals surface area contributed by atoms with Crippen molar-refractivity contribution in [1.29, 1.82) is 0 Å². The van der Waals surface area contributed by atoms with E-state index in [9.17, 15) is 9.18 Å². The van der Waals surface area contributed by atoms with E-state index >= 15 is 0 Å². The van der Waals surface area contributed by atoms with E-state index in [1.165, 1.54) is 0 Å². The number of nitrogens with zero attached hydrogens (tertiary/aromatic N) is 2. The van der Waals surface area contributed by atoms with E-state index < -0.39 is 0 Å². The van der Waals surface area contributed by atoms with Crippen molar-refractivity contribution in [3.8, 4) is 0 Å². The second-order valence-corrected chi connectivity index (χ2v) is 8.15. The second-order valence-electron chi connectivity index (χ2n) is 8.15. The minimum absolute atomic E-state index is 0.180. The Morgan fingerprint density at radius 1 is 1.23 bits per heavy atom. The summed E-state index contributed by atoms with van der Waals surface area (Å²) in [6, 6.07) is 7.76. The number of hydrogen-bond donors (Lipinski definition) is 1. The van der Waals surface area contributed by atoms with Gasteiger partial charge in [0.15, 0.2) is 0 Å². The summed E-state index contributed by atoms with van der Waals surface area (Å²) in [6.07, 6.45) is 3.99. The van der Waals surface area contributed by atoms with Gasteiger partial charge in [0, 0.05) is 44.7 Å². The standard InChI is InChI=1S/C21H32FN3O/c1-16(2)20-15-24(13-10-21(26)23-19-8-9-19)11-3-12-25(20)14-17-4-6-18(22)7-5-17/h4-7,16,19-20H,3,8-15H2,1-2H3,(H,23,26)/t20-/m1/s1. The molecule has 0 radical (unpaired) electrons. The summed E-state index contributed by atoms with van der Waals surface area (Å²) in [6.45, 7) is 9.32. The Morgan fingerprint density at radius 3 is 2.62 bits per heavy atom. The van der Waals surface area contributed by atoms with Crippen LogP contribution >= 0.6 is 0 Å². The van der Waals surface area contributed by atoms with Gasteiger partial charge >= 0.3 is 0 Å². The molecule has 1 aliphatic heterocycles. The lowest BCUT2D eigenvalue weighted by molar-refractivity contribution is -0.121. The zero-order valence-electron chi connectivity index (χ0n) is 16.1. The van der Waals surface area contributed by atoms with Gasteiger partial charge in [0.2, 0.25) is 5.91 Å². The Balaban J connectivity index is 1.55. The number of nitrogens with one attached hydrogen (secondary N) is 1. The molecule has 1 saturated heterocycles. The maximum absolute atomic E-state index is 13.2. The van der Waals surface area contributed by atoms with Crippen molar-refractivity contribution in [1.82, 2.24) is 15.1 Å². The first-order valence-electron chi connectivity index (χ1n) is 10.0. The average Bonchev–Trinajstić information content (AvgIpc) is 3.42. The minimum Gasteiger partial charge on any atom is -0.353 e. The van der Waals surface area contributed by atoms with E-state index in [1.54, 1.807) is 12.1 Å². The monoisotopic (exact) mass is 361 g/mol. The average molecular weight is 362 g/mol. The fourth-order valence-electron chi connectivity index (χ4n) is 3.78. The topological polar surface area (TPSA) is 35.6 Å². The first-order valence-corrected chi connectivity index (χ1v) is 10.0. The number of carbonyl (C=O) groups is 1. The molecule has 5 heteroatoms. The first kappa shape index (κ1) is 19.3. The predicted octanol–water partition coefficient (Wildman–Crippen LogP) is 3.03. The lowest BCUT2D eigenvalue weighted by atomic mass is 10.0. The highest BCUT2D eigenvalue weighted by molar-refractivity contribution is 5.76. The third-order valence-corrected chi connectivity index (χ3v) is 5.50. The summed E-state index contributed by atoms with van der Waals surface area (Å²) in [5.74, 6) is 0.554. The summed E-state index contributed by atoms with van der Waals surface area (Å²) < 4.78 is 13.2. The molecule has 1 atom stereocenters. The van der Waals surface area contributed by atoms with Gasteiger partial charge < -0.3 is 10.2 Å². The summed E-state index contributed by atoms with van der Waals surface area (Å²) >= 11 is 0. The number of carbonyl (C=O) groups excluding carboxylic acids is 1. The Labute approximate surface area is 156 Å². The summed E-state index contributed by atoms with van der Waals surface area (Å²) in [7, 11) is 0. The fourth-order valence-corrected chi connectivity index (χ4v) is 3.78. The van der Waals surface area contributed by atoms with Crippen LogP contribution in [0.25, 0.3) is 0 Å². The van der Waals surface area contributed by atoms with E-state index in [1.807, 2.05) is 12.1 Å². The van der Waals surface area contributed by atoms with Gasteiger partial charge in [0.05, 0.1) is 0 Å². The molecule has 1 aromatic rings. The summed E-state index contributed by atoms with van der Waals surface area (Å²) in [5.41, 5.74) is 1.16. The van der Waals surface area contributed by atoms with Crippen LogP contribution in [0.5, 0.6) is 0 Å². The van der Waals surface area contributed by atoms with Crippen LogP contribution in [0, 0.1) is 11.7 Å². The van der Waals surface area contributed by atoms with Gasteiger partial charge in [-0.2, -0.15) is 0 Å². The minimum atomic E-state index is -0.180. The van der Waals surface area contributed by atoms with Crippen LogP contribution in [-0.4, -0.2) is 54.0 Å². The molecule has 1 amide bonds. The lowest BCUT2D eigenvalue weighted by Crippen LogP contribution is -2.44. The Bertz CT molecular complexity index is 585. The van der Waals surface area contributed by atoms with Crippen molar-refractivity contribution in [3.63, 3.8) is 0 Å². The van der Waals surface area contributed by atoms with Crippen molar-refractivity contribution in [2.75, 3.05) is 26.2 Å². The highest BCUT2D eigenvalue weighted by atomic mass is 19.1. The Hall–Kier alpha value is -1.46. The van der Waals surface area contributed by atoms with Gasteiger partial charge in [-0.3, -0.25) is 9.69 Å². The maximum atomic E-state index is 13.2. The SMILES string of the molecule is CC(C)[C@H]1CN(CCC(=O)NC2CC2)CCCN1Cc1ccc(F)cc1. The van der Waals surface area contributed by atoms with Gasteiger partial charge in [-0.25, -0.2) is 4.39 Å². The molecule has 1 aromatic carbocycles. The molecule has 0 spiro atoms. The molecular formula is C21H32FN3O. The Kier molecular flexibility index (Phi) is 6.65. The van der Waals surface area contributed by atoms with Gasteiger partial charge in [-0.15, -0.1) is 0 Å². The molecule has 4 nitrogen and oxygen atoms in total. The molecule has 1 saturated carbocycles. The summed E-state index contributed by atoms with van der Waals surface area (Å²) in [5, 5.41) is 3.08. The molecule has 144 valence electrons. The van der Waals surface area contributed by atoms with Crippen LogP contribution in [0.2, 0.25) is 0 Å². The van der Waals surface area contributed by atoms with E-state index in [0.717, 1.165) is 57.5 Å². The zero-order chi connectivity index (χ0) is 18.5. The van der Waals surface area contributed by atoms with Crippen molar-refractivity contribution in [3.05, 3.63) is 35.6 Å². The fraction of sp³-hybridized carbons (Fsp3) is 0.667. The molecule has 1 N–H and O–H groups in total. The molecule has 3 rings (SSSR count). The summed E-state index contributed by atoms with van der Waals surface area (Å²) in [4.78, 5) is 17.0. The number of rotatable bonds is 7. The zero-order valence-corrected chi connectivity index (χ0v) is 16.1. The van der Waals surface area contributed by atoms with Crippen LogP contribution in [-0.2, 0) is 11.3 Å². The van der Waals surface area contributed by atoms with Crippen molar-refractivity contribution in [2.45, 2.75) is 58.2 Å². The lowest BCUT2D eigenvalue weighted by Gasteiger charge is -2.34. The quantitative estimate of drug-likeness (QED) is 0.811. The van der Waals surface area contributed by atoms with E-state index in [2.05, 4.69) is 29.0 Å². The smallest absolute Gasteiger partial charge is 0.221 e. The molecule has 2 fully saturated rings. The van der Waals surface area contributed by atoms with Crippen LogP contribution < -0.4 is 5.32 Å². The van der Waals surface area contributed by atoms with E-state index in [0.29, 0.717) is 24.4 Å². The molecule has 2 aliphatic rings. The van der Waals surface area contributed by atoms with E-state index in [4.69, 9.17) is 0 Å². The van der Waals surface area contributed by atoms with Gasteiger partial charge in [0.25, 0.3) is 0 Å². The molecule has 0 bridgehead atoms. The van der Waals surface area contributed by atoms with Crippen LogP contribution in [0.3, 0.4) is 0 Å². The molecule has 26 heavy (non-hydrogen) atoms. The number of benzene rings is 1. The molecule has 0 aromatic heterocycles. The van der Waals surface area contributed by atoms with Crippen molar-refractivity contribution in [2.24, 2.45) is 5.92 Å². The second kappa shape index (κ2) is 8.96. The molecule has 0 unspecified atom stereocenters. The number of halogens is 1. The third kappa shape index (κ3) is 5.78. The van der Waals surface area contributed by atoms with Gasteiger partial charge in [-0.05, 0) is 49.4 Å². The first-order chi connectivity index (χ1) is 12.5. The molecule has 1 heterocycles. The maximum Gasteiger partial charge on any atom is 0.221 e. The Morgan fingerprint density at radius 2 is 1.96 bits per heavy atom. The van der Waals surface area contributed by atoms with Gasteiger partial charge in [0.1, 0.15) is 5.82 Å². The highest BCUT2D eigenvalue weighted by Gasteiger charge is 2.28.